The van der Waals surface area contributed by atoms with Gasteiger partial charge in [-0.05, 0) is 24.3 Å². The van der Waals surface area contributed by atoms with Gasteiger partial charge in [-0.1, -0.05) is 29.3 Å². The topological polar surface area (TPSA) is 93.6 Å². The minimum atomic E-state index is 0.137. The molecule has 2 heterocycles. The zero-order chi connectivity index (χ0) is 16.1. The number of nitrogens with one attached hydrogen (secondary N) is 1. The third-order valence-electron chi connectivity index (χ3n) is 3.77. The maximum Gasteiger partial charge on any atom is 0.222 e. The highest BCUT2D eigenvalue weighted by atomic mass is 35.5. The summed E-state index contributed by atoms with van der Waals surface area (Å²) in [6.07, 6.45) is 1.84. The SMILES string of the molecule is Nc1nc(N)c2c(cc(-c3ccc(Cl)cc3Cl)c3[nH]ccc32)n1. The number of hydrogen-bond donors (Lipinski definition) is 3. The summed E-state index contributed by atoms with van der Waals surface area (Å²) in [6.45, 7) is 0. The van der Waals surface area contributed by atoms with Gasteiger partial charge in [-0.2, -0.15) is 4.98 Å². The molecule has 0 radical (unpaired) electrons. The zero-order valence-electron chi connectivity index (χ0n) is 11.8. The van der Waals surface area contributed by atoms with Gasteiger partial charge >= 0.3 is 0 Å². The molecule has 0 spiro atoms. The average Bonchev–Trinajstić information content (AvgIpc) is 2.95. The molecular formula is C16H11Cl2N5. The molecule has 0 unspecified atom stereocenters. The number of aromatic nitrogens is 3. The first kappa shape index (κ1) is 14.1. The second kappa shape index (κ2) is 5.01. The third kappa shape index (κ3) is 2.17. The molecule has 0 bridgehead atoms. The van der Waals surface area contributed by atoms with Crippen molar-refractivity contribution in [3.05, 3.63) is 46.6 Å². The summed E-state index contributed by atoms with van der Waals surface area (Å²) < 4.78 is 0. The van der Waals surface area contributed by atoms with Gasteiger partial charge in [-0.25, -0.2) is 4.98 Å². The minimum absolute atomic E-state index is 0.137. The molecule has 5 nitrogen and oxygen atoms in total. The van der Waals surface area contributed by atoms with Crippen LogP contribution in [0.25, 0.3) is 32.9 Å². The number of benzene rings is 2. The highest BCUT2D eigenvalue weighted by molar-refractivity contribution is 6.37. The molecule has 0 atom stereocenters. The lowest BCUT2D eigenvalue weighted by molar-refractivity contribution is 1.25. The van der Waals surface area contributed by atoms with Crippen molar-refractivity contribution in [3.63, 3.8) is 0 Å². The Morgan fingerprint density at radius 3 is 2.57 bits per heavy atom. The van der Waals surface area contributed by atoms with Gasteiger partial charge < -0.3 is 16.5 Å². The van der Waals surface area contributed by atoms with Gasteiger partial charge in [0.25, 0.3) is 0 Å². The predicted molar refractivity (Wildman–Crippen MR) is 95.7 cm³/mol. The Kier molecular flexibility index (Phi) is 3.07. The highest BCUT2D eigenvalue weighted by Crippen LogP contribution is 2.38. The summed E-state index contributed by atoms with van der Waals surface area (Å²) in [6, 6.07) is 9.21. The number of halogens is 2. The Morgan fingerprint density at radius 2 is 1.78 bits per heavy atom. The van der Waals surface area contributed by atoms with E-state index in [9.17, 15) is 0 Å². The average molecular weight is 344 g/mol. The first-order chi connectivity index (χ1) is 11.0. The number of hydrogen-bond acceptors (Lipinski definition) is 4. The van der Waals surface area contributed by atoms with Gasteiger partial charge in [0.05, 0.1) is 16.4 Å². The summed E-state index contributed by atoms with van der Waals surface area (Å²) in [5.41, 5.74) is 15.1. The van der Waals surface area contributed by atoms with Crippen LogP contribution in [-0.4, -0.2) is 15.0 Å². The van der Waals surface area contributed by atoms with Crippen LogP contribution in [0.3, 0.4) is 0 Å². The Labute approximate surface area is 141 Å². The van der Waals surface area contributed by atoms with Crippen LogP contribution in [0.4, 0.5) is 11.8 Å². The van der Waals surface area contributed by atoms with Crippen LogP contribution in [0.1, 0.15) is 0 Å². The fraction of sp³-hybridized carbons (Fsp3) is 0. The number of nitrogens with two attached hydrogens (primary N) is 2. The lowest BCUT2D eigenvalue weighted by Gasteiger charge is -2.10. The van der Waals surface area contributed by atoms with Crippen LogP contribution in [0.5, 0.6) is 0 Å². The standard InChI is InChI=1S/C16H11Cl2N5/c17-7-1-2-8(11(18)5-7)10-6-12-13(9-3-4-21-14(9)10)15(19)23-16(20)22-12/h1-6,21H,(H4,19,20,22,23). The summed E-state index contributed by atoms with van der Waals surface area (Å²) in [4.78, 5) is 11.6. The molecule has 114 valence electrons. The molecule has 0 saturated carbocycles. The van der Waals surface area contributed by atoms with Crippen molar-refractivity contribution >= 4 is 56.8 Å². The molecule has 0 aliphatic carbocycles. The van der Waals surface area contributed by atoms with E-state index in [2.05, 4.69) is 15.0 Å². The minimum Gasteiger partial charge on any atom is -0.383 e. The quantitative estimate of drug-likeness (QED) is 0.481. The monoisotopic (exact) mass is 343 g/mol. The number of fused-ring (bicyclic) bond motifs is 3. The number of nitrogen functional groups attached to an aromatic ring is 2. The normalized spacial score (nSPS) is 11.4. The van der Waals surface area contributed by atoms with Gasteiger partial charge in [0, 0.05) is 32.8 Å². The van der Waals surface area contributed by atoms with E-state index < -0.39 is 0 Å². The van der Waals surface area contributed by atoms with Crippen molar-refractivity contribution in [2.45, 2.75) is 0 Å². The van der Waals surface area contributed by atoms with Crippen LogP contribution >= 0.6 is 23.2 Å². The van der Waals surface area contributed by atoms with Crippen molar-refractivity contribution in [1.29, 1.82) is 0 Å². The molecule has 0 saturated heterocycles. The number of nitrogens with zero attached hydrogens (tertiary/aromatic N) is 2. The molecule has 4 aromatic rings. The van der Waals surface area contributed by atoms with E-state index in [-0.39, 0.29) is 5.95 Å². The molecule has 0 fully saturated rings. The molecule has 2 aromatic heterocycles. The molecule has 7 heteroatoms. The molecule has 0 aliphatic rings. The van der Waals surface area contributed by atoms with E-state index in [1.807, 2.05) is 24.4 Å². The Morgan fingerprint density at radius 1 is 0.957 bits per heavy atom. The van der Waals surface area contributed by atoms with Gasteiger partial charge in [0.15, 0.2) is 0 Å². The summed E-state index contributed by atoms with van der Waals surface area (Å²) in [7, 11) is 0. The Balaban J connectivity index is 2.16. The molecule has 0 amide bonds. The first-order valence-corrected chi connectivity index (χ1v) is 7.58. The van der Waals surface area contributed by atoms with Crippen LogP contribution in [0, 0.1) is 0 Å². The molecule has 23 heavy (non-hydrogen) atoms. The van der Waals surface area contributed by atoms with Crippen LogP contribution in [0.2, 0.25) is 10.0 Å². The summed E-state index contributed by atoms with van der Waals surface area (Å²) in [5.74, 6) is 0.490. The molecule has 0 aliphatic heterocycles. The molecule has 2 aromatic carbocycles. The van der Waals surface area contributed by atoms with Crippen molar-refractivity contribution in [2.24, 2.45) is 0 Å². The van der Waals surface area contributed by atoms with Crippen molar-refractivity contribution in [1.82, 2.24) is 15.0 Å². The summed E-state index contributed by atoms with van der Waals surface area (Å²) in [5, 5.41) is 2.83. The third-order valence-corrected chi connectivity index (χ3v) is 4.32. The Hall–Kier alpha value is -2.50. The lowest BCUT2D eigenvalue weighted by atomic mass is 10.00. The van der Waals surface area contributed by atoms with Crippen LogP contribution in [-0.2, 0) is 0 Å². The molecule has 5 N–H and O–H groups in total. The van der Waals surface area contributed by atoms with Gasteiger partial charge in [0.2, 0.25) is 5.95 Å². The zero-order valence-corrected chi connectivity index (χ0v) is 13.3. The van der Waals surface area contributed by atoms with Crippen LogP contribution < -0.4 is 11.5 Å². The second-order valence-corrected chi connectivity index (χ2v) is 6.02. The molecular weight excluding hydrogens is 333 g/mol. The fourth-order valence-corrected chi connectivity index (χ4v) is 3.34. The first-order valence-electron chi connectivity index (χ1n) is 6.83. The van der Waals surface area contributed by atoms with E-state index in [0.29, 0.717) is 21.4 Å². The maximum atomic E-state index is 6.36. The lowest BCUT2D eigenvalue weighted by Crippen LogP contribution is -2.01. The van der Waals surface area contributed by atoms with Gasteiger partial charge in [-0.15, -0.1) is 0 Å². The second-order valence-electron chi connectivity index (χ2n) is 5.18. The Bertz CT molecular complexity index is 1070. The van der Waals surface area contributed by atoms with E-state index in [1.54, 1.807) is 12.1 Å². The maximum absolute atomic E-state index is 6.36. The molecule has 4 rings (SSSR count). The highest BCUT2D eigenvalue weighted by Gasteiger charge is 2.15. The smallest absolute Gasteiger partial charge is 0.222 e. The van der Waals surface area contributed by atoms with Crippen LogP contribution in [0.15, 0.2) is 36.5 Å². The fourth-order valence-electron chi connectivity index (χ4n) is 2.83. The van der Waals surface area contributed by atoms with E-state index in [0.717, 1.165) is 27.4 Å². The number of aromatic amines is 1. The number of rotatable bonds is 1. The van der Waals surface area contributed by atoms with Crippen molar-refractivity contribution < 1.29 is 0 Å². The van der Waals surface area contributed by atoms with E-state index in [4.69, 9.17) is 34.7 Å². The van der Waals surface area contributed by atoms with Crippen molar-refractivity contribution in [2.75, 3.05) is 11.5 Å². The van der Waals surface area contributed by atoms with E-state index in [1.165, 1.54) is 0 Å². The number of H-pyrrole nitrogens is 1. The van der Waals surface area contributed by atoms with Crippen molar-refractivity contribution in [3.8, 4) is 11.1 Å². The largest absolute Gasteiger partial charge is 0.383 e. The van der Waals surface area contributed by atoms with Gasteiger partial charge in [-0.3, -0.25) is 0 Å². The van der Waals surface area contributed by atoms with Gasteiger partial charge in [0.1, 0.15) is 5.82 Å². The summed E-state index contributed by atoms with van der Waals surface area (Å²) >= 11 is 12.4. The number of anilines is 2. The van der Waals surface area contributed by atoms with E-state index >= 15 is 0 Å². The predicted octanol–water partition coefficient (Wildman–Crippen LogP) is 4.25.